The first-order valence-corrected chi connectivity index (χ1v) is 8.81. The van der Waals surface area contributed by atoms with Gasteiger partial charge in [0.2, 0.25) is 0 Å². The van der Waals surface area contributed by atoms with E-state index in [9.17, 15) is 15.4 Å². The molecule has 140 valence electrons. The van der Waals surface area contributed by atoms with Crippen molar-refractivity contribution in [2.24, 2.45) is 0 Å². The number of piperazine rings is 1. The maximum atomic E-state index is 11.3. The van der Waals surface area contributed by atoms with E-state index < -0.39 is 4.92 Å². The van der Waals surface area contributed by atoms with E-state index in [4.69, 9.17) is 4.74 Å². The summed E-state index contributed by atoms with van der Waals surface area (Å²) in [6, 6.07) is 13.2. The van der Waals surface area contributed by atoms with Gasteiger partial charge < -0.3 is 9.64 Å². The standard InChI is InChI=1S/C20H22N4O3/c1-15-19(11-17(13-21)12-20(15)24(25)26)23-9-7-22(8-10-23)14-16-3-5-18(27-2)6-4-16/h3-6,11-12H,7-10,14H2,1-2H3. The SMILES string of the molecule is COc1ccc(CN2CCN(c3cc(C#N)cc([N+](=O)[O-])c3C)CC2)cc1. The molecule has 1 heterocycles. The molecule has 2 aromatic carbocycles. The monoisotopic (exact) mass is 366 g/mol. The molecule has 0 aliphatic carbocycles. The molecule has 1 saturated heterocycles. The summed E-state index contributed by atoms with van der Waals surface area (Å²) in [6.07, 6.45) is 0. The Balaban J connectivity index is 1.69. The van der Waals surface area contributed by atoms with Crippen molar-refractivity contribution in [1.29, 1.82) is 5.26 Å². The fourth-order valence-corrected chi connectivity index (χ4v) is 3.40. The number of anilines is 1. The summed E-state index contributed by atoms with van der Waals surface area (Å²) in [5.74, 6) is 0.845. The number of nitrogens with zero attached hydrogens (tertiary/aromatic N) is 4. The van der Waals surface area contributed by atoms with Crippen LogP contribution in [0, 0.1) is 28.4 Å². The fourth-order valence-electron chi connectivity index (χ4n) is 3.40. The van der Waals surface area contributed by atoms with Crippen molar-refractivity contribution in [3.05, 3.63) is 63.2 Å². The summed E-state index contributed by atoms with van der Waals surface area (Å²) in [4.78, 5) is 15.4. The molecule has 0 bridgehead atoms. The Morgan fingerprint density at radius 2 is 1.85 bits per heavy atom. The Labute approximate surface area is 158 Å². The first kappa shape index (κ1) is 18.7. The molecule has 2 aromatic rings. The molecule has 0 radical (unpaired) electrons. The zero-order valence-corrected chi connectivity index (χ0v) is 15.5. The van der Waals surface area contributed by atoms with Crippen molar-refractivity contribution in [1.82, 2.24) is 4.90 Å². The molecule has 0 saturated carbocycles. The van der Waals surface area contributed by atoms with E-state index in [2.05, 4.69) is 21.9 Å². The number of hydrogen-bond acceptors (Lipinski definition) is 6. The predicted molar refractivity (Wildman–Crippen MR) is 103 cm³/mol. The molecule has 7 nitrogen and oxygen atoms in total. The van der Waals surface area contributed by atoms with Crippen LogP contribution < -0.4 is 9.64 Å². The van der Waals surface area contributed by atoms with E-state index >= 15 is 0 Å². The van der Waals surface area contributed by atoms with Gasteiger partial charge in [-0.05, 0) is 30.7 Å². The van der Waals surface area contributed by atoms with Crippen molar-refractivity contribution in [3.8, 4) is 11.8 Å². The third kappa shape index (κ3) is 4.18. The maximum Gasteiger partial charge on any atom is 0.275 e. The lowest BCUT2D eigenvalue weighted by molar-refractivity contribution is -0.385. The van der Waals surface area contributed by atoms with Crippen molar-refractivity contribution in [2.75, 3.05) is 38.2 Å². The van der Waals surface area contributed by atoms with Crippen molar-refractivity contribution < 1.29 is 9.66 Å². The van der Waals surface area contributed by atoms with Crippen molar-refractivity contribution in [3.63, 3.8) is 0 Å². The molecule has 7 heteroatoms. The third-order valence-corrected chi connectivity index (χ3v) is 4.96. The average Bonchev–Trinajstić information content (AvgIpc) is 2.69. The summed E-state index contributed by atoms with van der Waals surface area (Å²) in [6.45, 7) is 5.85. The molecule has 1 fully saturated rings. The van der Waals surface area contributed by atoms with Crippen LogP contribution in [0.4, 0.5) is 11.4 Å². The lowest BCUT2D eigenvalue weighted by Gasteiger charge is -2.36. The van der Waals surface area contributed by atoms with Crippen LogP contribution in [0.1, 0.15) is 16.7 Å². The Bertz CT molecular complexity index is 866. The van der Waals surface area contributed by atoms with Gasteiger partial charge in [-0.3, -0.25) is 15.0 Å². The second kappa shape index (κ2) is 8.06. The number of hydrogen-bond donors (Lipinski definition) is 0. The quantitative estimate of drug-likeness (QED) is 0.597. The molecule has 1 aliphatic rings. The predicted octanol–water partition coefficient (Wildman–Crippen LogP) is 3.11. The molecule has 0 N–H and O–H groups in total. The molecule has 1 aliphatic heterocycles. The lowest BCUT2D eigenvalue weighted by Crippen LogP contribution is -2.46. The second-order valence-corrected chi connectivity index (χ2v) is 6.62. The van der Waals surface area contributed by atoms with Crippen LogP contribution in [-0.2, 0) is 6.54 Å². The van der Waals surface area contributed by atoms with E-state index in [-0.39, 0.29) is 5.69 Å². The van der Waals surface area contributed by atoms with E-state index in [1.54, 1.807) is 20.1 Å². The molecule has 0 atom stereocenters. The molecule has 27 heavy (non-hydrogen) atoms. The van der Waals surface area contributed by atoms with E-state index in [1.807, 2.05) is 18.2 Å². The topological polar surface area (TPSA) is 82.6 Å². The number of rotatable bonds is 5. The summed E-state index contributed by atoms with van der Waals surface area (Å²) in [7, 11) is 1.65. The summed E-state index contributed by atoms with van der Waals surface area (Å²) < 4.78 is 5.19. The van der Waals surface area contributed by atoms with Gasteiger partial charge in [0.15, 0.2) is 0 Å². The van der Waals surface area contributed by atoms with Crippen LogP contribution in [0.3, 0.4) is 0 Å². The molecular weight excluding hydrogens is 344 g/mol. The van der Waals surface area contributed by atoms with E-state index in [1.165, 1.54) is 11.6 Å². The molecule has 0 aromatic heterocycles. The Kier molecular flexibility index (Phi) is 5.57. The molecular formula is C20H22N4O3. The highest BCUT2D eigenvalue weighted by molar-refractivity contribution is 5.65. The summed E-state index contributed by atoms with van der Waals surface area (Å²) in [5, 5.41) is 20.5. The summed E-state index contributed by atoms with van der Waals surface area (Å²) >= 11 is 0. The highest BCUT2D eigenvalue weighted by Gasteiger charge is 2.23. The molecule has 3 rings (SSSR count). The Morgan fingerprint density at radius 3 is 2.41 bits per heavy atom. The van der Waals surface area contributed by atoms with Gasteiger partial charge >= 0.3 is 0 Å². The van der Waals surface area contributed by atoms with Crippen molar-refractivity contribution >= 4 is 11.4 Å². The zero-order valence-electron chi connectivity index (χ0n) is 15.5. The molecule has 0 unspecified atom stereocenters. The van der Waals surface area contributed by atoms with Gasteiger partial charge in [-0.15, -0.1) is 0 Å². The average molecular weight is 366 g/mol. The van der Waals surface area contributed by atoms with Gasteiger partial charge in [0.05, 0.1) is 29.2 Å². The minimum atomic E-state index is -0.417. The first-order chi connectivity index (χ1) is 13.0. The number of benzene rings is 2. The second-order valence-electron chi connectivity index (χ2n) is 6.62. The summed E-state index contributed by atoms with van der Waals surface area (Å²) in [5.41, 5.74) is 2.95. The molecule has 0 spiro atoms. The van der Waals surface area contributed by atoms with Gasteiger partial charge in [0, 0.05) is 44.5 Å². The zero-order chi connectivity index (χ0) is 19.4. The number of methoxy groups -OCH3 is 1. The minimum Gasteiger partial charge on any atom is -0.497 e. The van der Waals surface area contributed by atoms with Crippen LogP contribution in [0.15, 0.2) is 36.4 Å². The van der Waals surface area contributed by atoms with Crippen LogP contribution in [-0.4, -0.2) is 43.1 Å². The Morgan fingerprint density at radius 1 is 1.19 bits per heavy atom. The van der Waals surface area contributed by atoms with Gasteiger partial charge in [-0.2, -0.15) is 5.26 Å². The largest absolute Gasteiger partial charge is 0.497 e. The third-order valence-electron chi connectivity index (χ3n) is 4.96. The van der Waals surface area contributed by atoms with Crippen LogP contribution in [0.2, 0.25) is 0 Å². The van der Waals surface area contributed by atoms with Crippen LogP contribution in [0.5, 0.6) is 5.75 Å². The van der Waals surface area contributed by atoms with Crippen LogP contribution in [0.25, 0.3) is 0 Å². The van der Waals surface area contributed by atoms with E-state index in [0.29, 0.717) is 11.1 Å². The van der Waals surface area contributed by atoms with Gasteiger partial charge in [0.25, 0.3) is 5.69 Å². The van der Waals surface area contributed by atoms with Crippen molar-refractivity contribution in [2.45, 2.75) is 13.5 Å². The highest BCUT2D eigenvalue weighted by atomic mass is 16.6. The smallest absolute Gasteiger partial charge is 0.275 e. The lowest BCUT2D eigenvalue weighted by atomic mass is 10.1. The number of ether oxygens (including phenoxy) is 1. The maximum absolute atomic E-state index is 11.3. The minimum absolute atomic E-state index is 0.00436. The van der Waals surface area contributed by atoms with Gasteiger partial charge in [-0.1, -0.05) is 12.1 Å². The number of nitro benzene ring substituents is 1. The van der Waals surface area contributed by atoms with E-state index in [0.717, 1.165) is 44.2 Å². The molecule has 0 amide bonds. The fraction of sp³-hybridized carbons (Fsp3) is 0.350. The first-order valence-electron chi connectivity index (χ1n) is 8.81. The Hall–Kier alpha value is -3.11. The number of nitriles is 1. The van der Waals surface area contributed by atoms with Gasteiger partial charge in [0.1, 0.15) is 5.75 Å². The number of nitro groups is 1. The van der Waals surface area contributed by atoms with Gasteiger partial charge in [-0.25, -0.2) is 0 Å². The van der Waals surface area contributed by atoms with Crippen LogP contribution >= 0.6 is 0 Å². The normalized spacial score (nSPS) is 14.6. The highest BCUT2D eigenvalue weighted by Crippen LogP contribution is 2.31.